The number of hydrogen-bond donors (Lipinski definition) is 2. The summed E-state index contributed by atoms with van der Waals surface area (Å²) in [7, 11) is 1.98. The maximum absolute atomic E-state index is 10.8. The van der Waals surface area contributed by atoms with E-state index in [1.807, 2.05) is 19.2 Å². The molecule has 94 valence electrons. The molecule has 0 aliphatic heterocycles. The van der Waals surface area contributed by atoms with Crippen molar-refractivity contribution in [3.63, 3.8) is 0 Å². The van der Waals surface area contributed by atoms with Gasteiger partial charge in [0.15, 0.2) is 0 Å². The standard InChI is InChI=1S/C13H15N3O2/c1-16(12-5-9(12)13(17)18)6-8-2-3-10-11(4-8)15-7-14-10/h2-4,7,9,12H,5-6H2,1H3,(H,14,15)(H,17,18). The van der Waals surface area contributed by atoms with Gasteiger partial charge in [-0.3, -0.25) is 9.69 Å². The minimum atomic E-state index is -0.684. The second-order valence-electron chi connectivity index (χ2n) is 4.92. The van der Waals surface area contributed by atoms with Crippen LogP contribution in [0, 0.1) is 5.92 Å². The minimum absolute atomic E-state index is 0.181. The number of carboxylic acid groups (broad SMARTS) is 1. The Morgan fingerprint density at radius 1 is 1.61 bits per heavy atom. The first-order valence-corrected chi connectivity index (χ1v) is 6.00. The van der Waals surface area contributed by atoms with Gasteiger partial charge >= 0.3 is 5.97 Å². The lowest BCUT2D eigenvalue weighted by Gasteiger charge is -2.16. The number of hydrogen-bond acceptors (Lipinski definition) is 3. The first kappa shape index (κ1) is 11.2. The number of H-pyrrole nitrogens is 1. The van der Waals surface area contributed by atoms with Crippen LogP contribution < -0.4 is 0 Å². The summed E-state index contributed by atoms with van der Waals surface area (Å²) in [5.74, 6) is -0.873. The van der Waals surface area contributed by atoms with Crippen molar-refractivity contribution in [3.8, 4) is 0 Å². The molecule has 0 radical (unpaired) electrons. The maximum atomic E-state index is 10.8. The molecule has 3 rings (SSSR count). The summed E-state index contributed by atoms with van der Waals surface area (Å²) in [5, 5.41) is 8.91. The second kappa shape index (κ2) is 4.10. The zero-order chi connectivity index (χ0) is 12.7. The Bertz CT molecular complexity index is 593. The van der Waals surface area contributed by atoms with Gasteiger partial charge in [0, 0.05) is 12.6 Å². The lowest BCUT2D eigenvalue weighted by Crippen LogP contribution is -2.23. The molecule has 0 spiro atoms. The van der Waals surface area contributed by atoms with Crippen molar-refractivity contribution in [2.45, 2.75) is 19.0 Å². The zero-order valence-electron chi connectivity index (χ0n) is 10.1. The summed E-state index contributed by atoms with van der Waals surface area (Å²) in [6.07, 6.45) is 2.44. The van der Waals surface area contributed by atoms with Gasteiger partial charge in [0.25, 0.3) is 0 Å². The fourth-order valence-electron chi connectivity index (χ4n) is 2.42. The molecule has 1 saturated carbocycles. The monoisotopic (exact) mass is 245 g/mol. The average Bonchev–Trinajstić information content (AvgIpc) is 3.02. The fourth-order valence-corrected chi connectivity index (χ4v) is 2.42. The lowest BCUT2D eigenvalue weighted by atomic mass is 10.2. The van der Waals surface area contributed by atoms with Crippen LogP contribution in [0.5, 0.6) is 0 Å². The number of aliphatic carboxylic acids is 1. The average molecular weight is 245 g/mol. The van der Waals surface area contributed by atoms with Crippen LogP contribution in [0.3, 0.4) is 0 Å². The molecule has 1 aromatic heterocycles. The summed E-state index contributed by atoms with van der Waals surface area (Å²) in [6, 6.07) is 6.27. The van der Waals surface area contributed by atoms with Crippen LogP contribution in [0.15, 0.2) is 24.5 Å². The number of fused-ring (bicyclic) bond motifs is 1. The summed E-state index contributed by atoms with van der Waals surface area (Å²) >= 11 is 0. The predicted octanol–water partition coefficient (Wildman–Crippen LogP) is 1.47. The van der Waals surface area contributed by atoms with Crippen LogP contribution in [0.25, 0.3) is 11.0 Å². The third-order valence-corrected chi connectivity index (χ3v) is 3.56. The van der Waals surface area contributed by atoms with Gasteiger partial charge in [0.05, 0.1) is 23.3 Å². The Labute approximate surface area is 104 Å². The number of aromatic nitrogens is 2. The van der Waals surface area contributed by atoms with Crippen molar-refractivity contribution in [2.24, 2.45) is 5.92 Å². The summed E-state index contributed by atoms with van der Waals surface area (Å²) in [4.78, 5) is 20.2. The molecule has 1 aliphatic rings. The minimum Gasteiger partial charge on any atom is -0.481 e. The van der Waals surface area contributed by atoms with E-state index in [4.69, 9.17) is 5.11 Å². The van der Waals surface area contributed by atoms with Gasteiger partial charge in [0.1, 0.15) is 0 Å². The molecule has 2 aromatic rings. The highest BCUT2D eigenvalue weighted by Gasteiger charge is 2.45. The second-order valence-corrected chi connectivity index (χ2v) is 4.92. The molecular formula is C13H15N3O2. The Hall–Kier alpha value is -1.88. The number of nitrogens with zero attached hydrogens (tertiary/aromatic N) is 2. The molecule has 18 heavy (non-hydrogen) atoms. The van der Waals surface area contributed by atoms with E-state index in [1.54, 1.807) is 6.33 Å². The molecule has 0 bridgehead atoms. The van der Waals surface area contributed by atoms with Crippen LogP contribution >= 0.6 is 0 Å². The summed E-state index contributed by atoms with van der Waals surface area (Å²) in [6.45, 7) is 0.767. The molecule has 5 nitrogen and oxygen atoms in total. The van der Waals surface area contributed by atoms with Gasteiger partial charge in [0.2, 0.25) is 0 Å². The van der Waals surface area contributed by atoms with E-state index in [9.17, 15) is 4.79 Å². The van der Waals surface area contributed by atoms with E-state index in [0.717, 1.165) is 24.0 Å². The van der Waals surface area contributed by atoms with Gasteiger partial charge < -0.3 is 10.1 Å². The quantitative estimate of drug-likeness (QED) is 0.855. The van der Waals surface area contributed by atoms with Gasteiger partial charge in [-0.25, -0.2) is 4.98 Å². The van der Waals surface area contributed by atoms with Crippen molar-refractivity contribution >= 4 is 17.0 Å². The Morgan fingerprint density at radius 2 is 2.44 bits per heavy atom. The Morgan fingerprint density at radius 3 is 3.17 bits per heavy atom. The summed E-state index contributed by atoms with van der Waals surface area (Å²) in [5.41, 5.74) is 3.15. The molecule has 5 heteroatoms. The molecule has 1 fully saturated rings. The normalized spacial score (nSPS) is 22.6. The van der Waals surface area contributed by atoms with E-state index in [-0.39, 0.29) is 12.0 Å². The predicted molar refractivity (Wildman–Crippen MR) is 67.1 cm³/mol. The molecule has 2 N–H and O–H groups in total. The van der Waals surface area contributed by atoms with Crippen LogP contribution in [0.1, 0.15) is 12.0 Å². The molecule has 2 atom stereocenters. The van der Waals surface area contributed by atoms with Crippen molar-refractivity contribution in [3.05, 3.63) is 30.1 Å². The first-order valence-electron chi connectivity index (χ1n) is 6.00. The topological polar surface area (TPSA) is 69.2 Å². The Balaban J connectivity index is 1.70. The van der Waals surface area contributed by atoms with Crippen molar-refractivity contribution in [1.82, 2.24) is 14.9 Å². The lowest BCUT2D eigenvalue weighted by molar-refractivity contribution is -0.138. The van der Waals surface area contributed by atoms with Crippen LogP contribution in [-0.2, 0) is 11.3 Å². The largest absolute Gasteiger partial charge is 0.481 e. The molecule has 1 heterocycles. The van der Waals surface area contributed by atoms with Gasteiger partial charge in [-0.1, -0.05) is 6.07 Å². The highest BCUT2D eigenvalue weighted by molar-refractivity contribution is 5.75. The van der Waals surface area contributed by atoms with Crippen LogP contribution in [0.4, 0.5) is 0 Å². The number of nitrogens with one attached hydrogen (secondary N) is 1. The summed E-state index contributed by atoms with van der Waals surface area (Å²) < 4.78 is 0. The molecule has 0 amide bonds. The molecule has 1 aromatic carbocycles. The van der Waals surface area contributed by atoms with Gasteiger partial charge in [-0.2, -0.15) is 0 Å². The van der Waals surface area contributed by atoms with E-state index in [1.165, 1.54) is 5.56 Å². The van der Waals surface area contributed by atoms with E-state index in [0.29, 0.717) is 0 Å². The third kappa shape index (κ3) is 1.97. The maximum Gasteiger partial charge on any atom is 0.308 e. The third-order valence-electron chi connectivity index (χ3n) is 3.56. The molecule has 0 saturated heterocycles. The molecule has 2 unspecified atom stereocenters. The fraction of sp³-hybridized carbons (Fsp3) is 0.385. The van der Waals surface area contributed by atoms with Crippen molar-refractivity contribution in [1.29, 1.82) is 0 Å². The highest BCUT2D eigenvalue weighted by Crippen LogP contribution is 2.35. The number of rotatable bonds is 4. The van der Waals surface area contributed by atoms with Crippen LogP contribution in [-0.4, -0.2) is 39.0 Å². The Kier molecular flexibility index (Phi) is 2.56. The number of carboxylic acids is 1. The van der Waals surface area contributed by atoms with E-state index < -0.39 is 5.97 Å². The number of benzene rings is 1. The van der Waals surface area contributed by atoms with Crippen molar-refractivity contribution in [2.75, 3.05) is 7.05 Å². The van der Waals surface area contributed by atoms with Crippen molar-refractivity contribution < 1.29 is 9.90 Å². The van der Waals surface area contributed by atoms with E-state index >= 15 is 0 Å². The number of imidazole rings is 1. The van der Waals surface area contributed by atoms with Gasteiger partial charge in [-0.05, 0) is 31.2 Å². The van der Waals surface area contributed by atoms with Gasteiger partial charge in [-0.15, -0.1) is 0 Å². The first-order chi connectivity index (χ1) is 8.65. The smallest absolute Gasteiger partial charge is 0.308 e. The molecular weight excluding hydrogens is 230 g/mol. The molecule has 1 aliphatic carbocycles. The zero-order valence-corrected chi connectivity index (χ0v) is 10.1. The number of carbonyl (C=O) groups is 1. The highest BCUT2D eigenvalue weighted by atomic mass is 16.4. The van der Waals surface area contributed by atoms with Crippen LogP contribution in [0.2, 0.25) is 0 Å². The van der Waals surface area contributed by atoms with E-state index in [2.05, 4.69) is 20.9 Å². The SMILES string of the molecule is CN(Cc1ccc2nc[nH]c2c1)C1CC1C(=O)O. The number of aromatic amines is 1.